The fraction of sp³-hybridized carbons (Fsp3) is 0.318. The number of carbonyl (C=O) groups is 1. The van der Waals surface area contributed by atoms with Gasteiger partial charge in [-0.05, 0) is 42.0 Å². The van der Waals surface area contributed by atoms with Gasteiger partial charge in [0, 0.05) is 18.5 Å². The van der Waals surface area contributed by atoms with Crippen LogP contribution < -0.4 is 9.47 Å². The smallest absolute Gasteiger partial charge is 0.471 e. The Hall–Kier alpha value is -3.56. The first-order valence-corrected chi connectivity index (χ1v) is 9.90. The molecular weight excluding hydrogens is 427 g/mol. The van der Waals surface area contributed by atoms with Gasteiger partial charge in [-0.2, -0.15) is 18.2 Å². The van der Waals surface area contributed by atoms with Crippen molar-refractivity contribution in [3.05, 3.63) is 60.0 Å². The molecule has 0 saturated carbocycles. The maximum absolute atomic E-state index is 12.6. The first-order chi connectivity index (χ1) is 15.3. The molecular formula is C22H20F3N3O4. The van der Waals surface area contributed by atoms with Crippen LogP contribution in [0.3, 0.4) is 0 Å². The third-order valence-corrected chi connectivity index (χ3v) is 5.07. The highest BCUT2D eigenvalue weighted by molar-refractivity contribution is 5.79. The predicted octanol–water partition coefficient (Wildman–Crippen LogP) is 3.99. The number of methoxy groups -OCH3 is 1. The van der Waals surface area contributed by atoms with Crippen LogP contribution >= 0.6 is 0 Å². The van der Waals surface area contributed by atoms with Crippen molar-refractivity contribution in [2.24, 2.45) is 0 Å². The van der Waals surface area contributed by atoms with Gasteiger partial charge in [0.05, 0.1) is 20.1 Å². The molecule has 168 valence electrons. The molecule has 7 nitrogen and oxygen atoms in total. The number of nitrogens with zero attached hydrogens (tertiary/aromatic N) is 3. The van der Waals surface area contributed by atoms with E-state index in [9.17, 15) is 18.0 Å². The van der Waals surface area contributed by atoms with E-state index in [0.717, 1.165) is 5.56 Å². The van der Waals surface area contributed by atoms with Crippen molar-refractivity contribution >= 4 is 5.91 Å². The van der Waals surface area contributed by atoms with Crippen LogP contribution in [0.2, 0.25) is 0 Å². The molecule has 10 heteroatoms. The number of amides is 1. The fourth-order valence-corrected chi connectivity index (χ4v) is 3.45. The van der Waals surface area contributed by atoms with Crippen molar-refractivity contribution in [1.82, 2.24) is 15.0 Å². The number of ether oxygens (including phenoxy) is 2. The van der Waals surface area contributed by atoms with Crippen LogP contribution in [-0.4, -0.2) is 47.3 Å². The molecule has 1 fully saturated rings. The van der Waals surface area contributed by atoms with Crippen molar-refractivity contribution in [3.8, 4) is 22.9 Å². The van der Waals surface area contributed by atoms with Gasteiger partial charge in [0.1, 0.15) is 17.6 Å². The molecule has 32 heavy (non-hydrogen) atoms. The van der Waals surface area contributed by atoms with Gasteiger partial charge in [-0.25, -0.2) is 0 Å². The number of carbonyl (C=O) groups excluding carboxylic acids is 1. The third-order valence-electron chi connectivity index (χ3n) is 5.07. The normalized spacial score (nSPS) is 16.2. The molecule has 1 atom stereocenters. The van der Waals surface area contributed by atoms with Crippen molar-refractivity contribution in [2.75, 3.05) is 20.2 Å². The van der Waals surface area contributed by atoms with Crippen molar-refractivity contribution < 1.29 is 32.0 Å². The minimum absolute atomic E-state index is 0.0114. The lowest BCUT2D eigenvalue weighted by molar-refractivity contribution is -0.159. The highest BCUT2D eigenvalue weighted by atomic mass is 19.4. The maximum atomic E-state index is 12.6. The Morgan fingerprint density at radius 3 is 2.66 bits per heavy atom. The fourth-order valence-electron chi connectivity index (χ4n) is 3.45. The van der Waals surface area contributed by atoms with E-state index in [2.05, 4.69) is 14.7 Å². The molecule has 2 heterocycles. The summed E-state index contributed by atoms with van der Waals surface area (Å²) in [5.74, 6) is -0.286. The minimum atomic E-state index is -4.69. The van der Waals surface area contributed by atoms with Crippen molar-refractivity contribution in [2.45, 2.75) is 25.1 Å². The summed E-state index contributed by atoms with van der Waals surface area (Å²) in [6, 6.07) is 13.8. The lowest BCUT2D eigenvalue weighted by atomic mass is 10.1. The van der Waals surface area contributed by atoms with Crippen LogP contribution in [-0.2, 0) is 17.4 Å². The predicted molar refractivity (Wildman–Crippen MR) is 107 cm³/mol. The molecule has 0 bridgehead atoms. The van der Waals surface area contributed by atoms with Crippen LogP contribution in [0.5, 0.6) is 11.5 Å². The molecule has 1 saturated heterocycles. The second kappa shape index (κ2) is 8.89. The lowest BCUT2D eigenvalue weighted by Crippen LogP contribution is -2.32. The van der Waals surface area contributed by atoms with Gasteiger partial charge < -0.3 is 18.9 Å². The molecule has 4 rings (SSSR count). The monoisotopic (exact) mass is 447 g/mol. The maximum Gasteiger partial charge on any atom is 0.471 e. The topological polar surface area (TPSA) is 77.7 Å². The summed E-state index contributed by atoms with van der Waals surface area (Å²) in [7, 11) is 1.58. The Morgan fingerprint density at radius 1 is 1.19 bits per heavy atom. The van der Waals surface area contributed by atoms with Gasteiger partial charge in [-0.3, -0.25) is 4.79 Å². The van der Waals surface area contributed by atoms with Gasteiger partial charge in [-0.15, -0.1) is 0 Å². The minimum Gasteiger partial charge on any atom is -0.497 e. The highest BCUT2D eigenvalue weighted by Crippen LogP contribution is 2.30. The van der Waals surface area contributed by atoms with E-state index < -0.39 is 12.1 Å². The van der Waals surface area contributed by atoms with E-state index in [1.807, 2.05) is 24.3 Å². The summed E-state index contributed by atoms with van der Waals surface area (Å²) in [4.78, 5) is 17.7. The van der Waals surface area contributed by atoms with E-state index >= 15 is 0 Å². The Morgan fingerprint density at radius 2 is 1.97 bits per heavy atom. The molecule has 3 aromatic rings. The first-order valence-electron chi connectivity index (χ1n) is 9.90. The summed E-state index contributed by atoms with van der Waals surface area (Å²) in [6.07, 6.45) is -3.89. The van der Waals surface area contributed by atoms with Crippen molar-refractivity contribution in [3.63, 3.8) is 0 Å². The zero-order chi connectivity index (χ0) is 22.7. The number of benzene rings is 2. The van der Waals surface area contributed by atoms with Crippen LogP contribution in [0.25, 0.3) is 11.4 Å². The molecule has 1 aliphatic heterocycles. The lowest BCUT2D eigenvalue weighted by Gasteiger charge is -2.17. The molecule has 2 aromatic carbocycles. The number of likely N-dealkylation sites (tertiary alicyclic amines) is 1. The van der Waals surface area contributed by atoms with Crippen LogP contribution in [0.15, 0.2) is 53.1 Å². The zero-order valence-electron chi connectivity index (χ0n) is 17.1. The van der Waals surface area contributed by atoms with Gasteiger partial charge in [0.25, 0.3) is 0 Å². The first kappa shape index (κ1) is 21.7. The van der Waals surface area contributed by atoms with Crippen molar-refractivity contribution in [1.29, 1.82) is 0 Å². The van der Waals surface area contributed by atoms with Crippen LogP contribution in [0.1, 0.15) is 17.9 Å². The number of hydrogen-bond acceptors (Lipinski definition) is 6. The van der Waals surface area contributed by atoms with Crippen LogP contribution in [0.4, 0.5) is 13.2 Å². The van der Waals surface area contributed by atoms with Gasteiger partial charge in [0.2, 0.25) is 11.7 Å². The average Bonchev–Trinajstić information content (AvgIpc) is 3.44. The quantitative estimate of drug-likeness (QED) is 0.569. The number of hydrogen-bond donors (Lipinski definition) is 0. The highest BCUT2D eigenvalue weighted by Gasteiger charge is 2.38. The molecule has 0 aliphatic carbocycles. The number of aromatic nitrogens is 2. The molecule has 1 amide bonds. The zero-order valence-corrected chi connectivity index (χ0v) is 17.1. The Balaban J connectivity index is 1.32. The largest absolute Gasteiger partial charge is 0.497 e. The average molecular weight is 447 g/mol. The number of halogens is 3. The Kier molecular flexibility index (Phi) is 6.02. The van der Waals surface area contributed by atoms with E-state index in [1.54, 1.807) is 36.3 Å². The van der Waals surface area contributed by atoms with Gasteiger partial charge >= 0.3 is 12.1 Å². The standard InChI is InChI=1S/C22H20F3N3O4/c1-30-17-4-2-3-14(11-17)12-19(29)28-10-9-18(13-28)31-16-7-5-15(6-8-16)20-26-21(32-27-20)22(23,24)25/h2-8,11,18H,9-10,12-13H2,1H3/t18-/m0/s1. The molecule has 1 aromatic heterocycles. The Bertz CT molecular complexity index is 1080. The summed E-state index contributed by atoms with van der Waals surface area (Å²) in [5, 5.41) is 3.36. The molecule has 0 radical (unpaired) electrons. The second-order valence-corrected chi connectivity index (χ2v) is 7.34. The second-order valence-electron chi connectivity index (χ2n) is 7.34. The number of alkyl halides is 3. The summed E-state index contributed by atoms with van der Waals surface area (Å²) in [5.41, 5.74) is 1.25. The SMILES string of the molecule is COc1cccc(CC(=O)N2CC[C@H](Oc3ccc(-c4noc(C(F)(F)F)n4)cc3)C2)c1. The summed E-state index contributed by atoms with van der Waals surface area (Å²) in [6.45, 7) is 1.05. The third kappa shape index (κ3) is 5.01. The van der Waals surface area contributed by atoms with Crippen LogP contribution in [0, 0.1) is 0 Å². The summed E-state index contributed by atoms with van der Waals surface area (Å²) < 4.78 is 53.2. The van der Waals surface area contributed by atoms with E-state index in [1.165, 1.54) is 0 Å². The van der Waals surface area contributed by atoms with Gasteiger partial charge in [-0.1, -0.05) is 17.3 Å². The molecule has 0 N–H and O–H groups in total. The van der Waals surface area contributed by atoms with E-state index in [0.29, 0.717) is 36.6 Å². The van der Waals surface area contributed by atoms with E-state index in [-0.39, 0.29) is 24.3 Å². The number of rotatable bonds is 6. The molecule has 0 unspecified atom stereocenters. The van der Waals surface area contributed by atoms with E-state index in [4.69, 9.17) is 9.47 Å². The molecule has 1 aliphatic rings. The summed E-state index contributed by atoms with van der Waals surface area (Å²) >= 11 is 0. The van der Waals surface area contributed by atoms with Gasteiger partial charge in [0.15, 0.2) is 0 Å². The molecule has 0 spiro atoms. The Labute approximate surface area is 181 Å².